The van der Waals surface area contributed by atoms with Gasteiger partial charge in [-0.15, -0.1) is 0 Å². The van der Waals surface area contributed by atoms with Gasteiger partial charge in [0.25, 0.3) is 0 Å². The summed E-state index contributed by atoms with van der Waals surface area (Å²) < 4.78 is 41.9. The van der Waals surface area contributed by atoms with Gasteiger partial charge >= 0.3 is 0 Å². The van der Waals surface area contributed by atoms with E-state index in [-0.39, 0.29) is 17.4 Å². The lowest BCUT2D eigenvalue weighted by atomic mass is 9.96. The second-order valence-electron chi connectivity index (χ2n) is 8.93. The Morgan fingerprint density at radius 2 is 1.78 bits per heavy atom. The van der Waals surface area contributed by atoms with Crippen molar-refractivity contribution in [3.05, 3.63) is 59.7 Å². The Kier molecular flexibility index (Phi) is 7.25. The highest BCUT2D eigenvalue weighted by molar-refractivity contribution is 5.83. The molecule has 0 aromatic heterocycles. The van der Waals surface area contributed by atoms with Gasteiger partial charge in [-0.05, 0) is 55.4 Å². The molecule has 3 atom stereocenters. The van der Waals surface area contributed by atoms with Crippen LogP contribution in [0.3, 0.4) is 0 Å². The van der Waals surface area contributed by atoms with Crippen LogP contribution in [0, 0.1) is 28.9 Å². The minimum absolute atomic E-state index is 0.176. The molecule has 1 aliphatic carbocycles. The molecule has 3 rings (SSSR count). The highest BCUT2D eigenvalue weighted by Gasteiger charge is 2.45. The summed E-state index contributed by atoms with van der Waals surface area (Å²) in [5, 5.41) is 15.2. The molecule has 1 unspecified atom stereocenters. The predicted molar refractivity (Wildman–Crippen MR) is 117 cm³/mol. The maximum atomic E-state index is 14.6. The summed E-state index contributed by atoms with van der Waals surface area (Å²) in [6.07, 6.45) is 0.411. The smallest absolute Gasteiger partial charge is 0.238 e. The zero-order valence-corrected chi connectivity index (χ0v) is 18.5. The molecule has 32 heavy (non-hydrogen) atoms. The van der Waals surface area contributed by atoms with E-state index in [1.807, 2.05) is 13.8 Å². The predicted octanol–water partition coefficient (Wildman–Crippen LogP) is 5.21. The molecule has 1 aliphatic rings. The number of benzene rings is 2. The van der Waals surface area contributed by atoms with Crippen LogP contribution in [0.4, 0.5) is 13.2 Å². The van der Waals surface area contributed by atoms with Crippen molar-refractivity contribution in [2.45, 2.75) is 63.8 Å². The van der Waals surface area contributed by atoms with Gasteiger partial charge in [-0.2, -0.15) is 5.26 Å². The monoisotopic (exact) mass is 443 g/mol. The van der Waals surface area contributed by atoms with Crippen molar-refractivity contribution in [2.75, 3.05) is 0 Å². The number of alkyl halides is 1. The van der Waals surface area contributed by atoms with E-state index in [1.165, 1.54) is 19.1 Å². The number of nitrogens with one attached hydrogen (secondary N) is 2. The second-order valence-corrected chi connectivity index (χ2v) is 8.93. The Morgan fingerprint density at radius 1 is 1.12 bits per heavy atom. The van der Waals surface area contributed by atoms with Crippen LogP contribution in [0.2, 0.25) is 0 Å². The molecule has 0 radical (unpaired) electrons. The summed E-state index contributed by atoms with van der Waals surface area (Å²) in [5.74, 6) is -1.47. The van der Waals surface area contributed by atoms with Gasteiger partial charge in [0.2, 0.25) is 5.91 Å². The zero-order valence-electron chi connectivity index (χ0n) is 18.5. The van der Waals surface area contributed by atoms with Gasteiger partial charge in [0.05, 0.1) is 18.2 Å². The van der Waals surface area contributed by atoms with Gasteiger partial charge in [0.15, 0.2) is 0 Å². The molecule has 2 aromatic rings. The third-order valence-corrected chi connectivity index (χ3v) is 5.70. The first-order valence-electron chi connectivity index (χ1n) is 10.8. The summed E-state index contributed by atoms with van der Waals surface area (Å²) in [6.45, 7) is 5.35. The van der Waals surface area contributed by atoms with Crippen LogP contribution in [0.5, 0.6) is 0 Å². The Balaban J connectivity index is 1.81. The third kappa shape index (κ3) is 5.68. The minimum atomic E-state index is -1.31. The van der Waals surface area contributed by atoms with E-state index in [1.54, 1.807) is 24.3 Å². The van der Waals surface area contributed by atoms with Gasteiger partial charge in [-0.25, -0.2) is 13.2 Å². The Bertz CT molecular complexity index is 994. The van der Waals surface area contributed by atoms with Crippen molar-refractivity contribution in [2.24, 2.45) is 5.92 Å². The fourth-order valence-electron chi connectivity index (χ4n) is 3.74. The molecule has 1 fully saturated rings. The lowest BCUT2D eigenvalue weighted by Crippen LogP contribution is -2.51. The topological polar surface area (TPSA) is 64.9 Å². The molecule has 1 saturated carbocycles. The second kappa shape index (κ2) is 9.74. The van der Waals surface area contributed by atoms with Crippen molar-refractivity contribution in [1.82, 2.24) is 10.6 Å². The van der Waals surface area contributed by atoms with Crippen molar-refractivity contribution in [1.29, 1.82) is 5.26 Å². The first-order chi connectivity index (χ1) is 15.1. The normalized spacial score (nSPS) is 17.3. The molecule has 0 spiro atoms. The van der Waals surface area contributed by atoms with Crippen molar-refractivity contribution >= 4 is 5.91 Å². The van der Waals surface area contributed by atoms with Crippen LogP contribution in [0.1, 0.15) is 51.6 Å². The van der Waals surface area contributed by atoms with Gasteiger partial charge in [-0.3, -0.25) is 10.1 Å². The Morgan fingerprint density at radius 3 is 2.28 bits per heavy atom. The zero-order chi connectivity index (χ0) is 23.5. The summed E-state index contributed by atoms with van der Waals surface area (Å²) in [7, 11) is 0. The Labute approximate surface area is 186 Å². The molecule has 1 amide bonds. The number of hydrogen-bond acceptors (Lipinski definition) is 3. The van der Waals surface area contributed by atoms with E-state index in [2.05, 4.69) is 16.7 Å². The maximum Gasteiger partial charge on any atom is 0.238 e. The largest absolute Gasteiger partial charge is 0.336 e. The number of nitrogens with zero attached hydrogens (tertiary/aromatic N) is 1. The van der Waals surface area contributed by atoms with Crippen molar-refractivity contribution in [3.63, 3.8) is 0 Å². The fraction of sp³-hybridized carbons (Fsp3) is 0.440. The van der Waals surface area contributed by atoms with Crippen LogP contribution < -0.4 is 10.6 Å². The summed E-state index contributed by atoms with van der Waals surface area (Å²) >= 11 is 0. The highest BCUT2D eigenvalue weighted by Crippen LogP contribution is 2.34. The SMILES string of the molecule is CC(C)C[C@H](N[C@@H](c1ccc(-c2ccc(F)cc2F)cc1)C(C)F)C(=O)NC1(C#N)CC1. The fourth-order valence-corrected chi connectivity index (χ4v) is 3.74. The summed E-state index contributed by atoms with van der Waals surface area (Å²) in [5.41, 5.74) is 0.595. The molecular formula is C25H28F3N3O. The lowest BCUT2D eigenvalue weighted by Gasteiger charge is -2.28. The maximum absolute atomic E-state index is 14.6. The van der Waals surface area contributed by atoms with Crippen LogP contribution >= 0.6 is 0 Å². The van der Waals surface area contributed by atoms with Crippen LogP contribution in [0.15, 0.2) is 42.5 Å². The molecule has 0 bridgehead atoms. The molecule has 0 aliphatic heterocycles. The number of halogens is 3. The standard InChI is InChI=1S/C25H28F3N3O/c1-15(2)12-22(24(32)31-25(14-29)10-11-25)30-23(16(3)26)18-6-4-17(5-7-18)20-9-8-19(27)13-21(20)28/h4-9,13,15-16,22-23,30H,10-12H2,1-3H3,(H,31,32)/t16?,22-,23+/m0/s1. The molecule has 4 nitrogen and oxygen atoms in total. The van der Waals surface area contributed by atoms with E-state index in [4.69, 9.17) is 0 Å². The third-order valence-electron chi connectivity index (χ3n) is 5.70. The van der Waals surface area contributed by atoms with Crippen LogP contribution in [0.25, 0.3) is 11.1 Å². The average Bonchev–Trinajstić information content (AvgIpc) is 3.50. The number of amides is 1. The van der Waals surface area contributed by atoms with E-state index in [9.17, 15) is 23.2 Å². The summed E-state index contributed by atoms with van der Waals surface area (Å²) in [6, 6.07) is 10.7. The number of carbonyl (C=O) groups excluding carboxylic acids is 1. The van der Waals surface area contributed by atoms with Crippen molar-refractivity contribution < 1.29 is 18.0 Å². The molecule has 7 heteroatoms. The molecule has 0 heterocycles. The Hall–Kier alpha value is -2.85. The van der Waals surface area contributed by atoms with E-state index in [0.717, 1.165) is 6.07 Å². The molecular weight excluding hydrogens is 415 g/mol. The first-order valence-corrected chi connectivity index (χ1v) is 10.8. The van der Waals surface area contributed by atoms with Gasteiger partial charge in [0.1, 0.15) is 23.3 Å². The highest BCUT2D eigenvalue weighted by atomic mass is 19.1. The number of hydrogen-bond donors (Lipinski definition) is 2. The quantitative estimate of drug-likeness (QED) is 0.559. The van der Waals surface area contributed by atoms with Gasteiger partial charge < -0.3 is 5.32 Å². The molecule has 2 N–H and O–H groups in total. The number of rotatable bonds is 9. The molecule has 0 saturated heterocycles. The van der Waals surface area contributed by atoms with E-state index in [0.29, 0.717) is 30.4 Å². The van der Waals surface area contributed by atoms with E-state index >= 15 is 0 Å². The molecule has 2 aromatic carbocycles. The molecule has 170 valence electrons. The lowest BCUT2D eigenvalue weighted by molar-refractivity contribution is -0.124. The van der Waals surface area contributed by atoms with E-state index < -0.39 is 35.4 Å². The number of carbonyl (C=O) groups is 1. The van der Waals surface area contributed by atoms with Crippen LogP contribution in [-0.2, 0) is 4.79 Å². The minimum Gasteiger partial charge on any atom is -0.336 e. The summed E-state index contributed by atoms with van der Waals surface area (Å²) in [4.78, 5) is 12.9. The average molecular weight is 444 g/mol. The first kappa shape index (κ1) is 23.8. The van der Waals surface area contributed by atoms with Crippen molar-refractivity contribution in [3.8, 4) is 17.2 Å². The van der Waals surface area contributed by atoms with Gasteiger partial charge in [0, 0.05) is 11.6 Å². The van der Waals surface area contributed by atoms with Gasteiger partial charge in [-0.1, -0.05) is 38.1 Å². The van der Waals surface area contributed by atoms with Crippen LogP contribution in [-0.4, -0.2) is 23.7 Å². The number of nitriles is 1.